The first-order valence-electron chi connectivity index (χ1n) is 5.58. The smallest absolute Gasteiger partial charge is 0.274 e. The number of aryl methyl sites for hydroxylation is 1. The molecule has 1 amide bonds. The summed E-state index contributed by atoms with van der Waals surface area (Å²) in [5, 5.41) is 9.54. The number of rotatable bonds is 4. The number of amides is 1. The molecule has 1 atom stereocenters. The number of H-pyrrole nitrogens is 1. The summed E-state index contributed by atoms with van der Waals surface area (Å²) in [6.45, 7) is 7.99. The molecular weight excluding hydrogens is 204 g/mol. The van der Waals surface area contributed by atoms with Gasteiger partial charge in [-0.05, 0) is 19.3 Å². The highest BCUT2D eigenvalue weighted by Gasteiger charge is 2.19. The van der Waals surface area contributed by atoms with Gasteiger partial charge in [0.15, 0.2) is 5.69 Å². The van der Waals surface area contributed by atoms with Crippen molar-refractivity contribution in [2.24, 2.45) is 5.92 Å². The summed E-state index contributed by atoms with van der Waals surface area (Å²) in [7, 11) is 0. The van der Waals surface area contributed by atoms with Crippen molar-refractivity contribution in [2.45, 2.75) is 40.2 Å². The Bertz CT molecular complexity index is 370. The summed E-state index contributed by atoms with van der Waals surface area (Å²) in [5.74, 6) is 0.192. The molecule has 0 saturated heterocycles. The minimum absolute atomic E-state index is 0.156. The molecule has 0 radical (unpaired) electrons. The van der Waals surface area contributed by atoms with Crippen molar-refractivity contribution in [1.29, 1.82) is 0 Å². The number of nitrogens with zero attached hydrogens (tertiary/aromatic N) is 1. The minimum atomic E-state index is -0.206. The summed E-state index contributed by atoms with van der Waals surface area (Å²) in [5.41, 5.74) is 7.18. The highest BCUT2D eigenvalue weighted by atomic mass is 16.2. The van der Waals surface area contributed by atoms with Gasteiger partial charge in [-0.25, -0.2) is 0 Å². The summed E-state index contributed by atoms with van der Waals surface area (Å²) in [6, 6.07) is 0.156. The van der Waals surface area contributed by atoms with Crippen molar-refractivity contribution in [3.8, 4) is 0 Å². The highest BCUT2D eigenvalue weighted by molar-refractivity contribution is 5.97. The molecule has 0 bridgehead atoms. The second-order valence-electron chi connectivity index (χ2n) is 4.34. The lowest BCUT2D eigenvalue weighted by Gasteiger charge is -2.20. The van der Waals surface area contributed by atoms with Crippen molar-refractivity contribution >= 4 is 11.6 Å². The van der Waals surface area contributed by atoms with E-state index in [1.54, 1.807) is 6.92 Å². The van der Waals surface area contributed by atoms with Crippen LogP contribution in [0.5, 0.6) is 0 Å². The molecule has 5 heteroatoms. The molecule has 1 unspecified atom stereocenters. The van der Waals surface area contributed by atoms with Gasteiger partial charge < -0.3 is 11.1 Å². The summed E-state index contributed by atoms with van der Waals surface area (Å²) in [6.07, 6.45) is 0.896. The molecule has 0 fully saturated rings. The van der Waals surface area contributed by atoms with Crippen molar-refractivity contribution < 1.29 is 4.79 Å². The van der Waals surface area contributed by atoms with E-state index in [9.17, 15) is 4.79 Å². The Kier molecular flexibility index (Phi) is 3.93. The SMILES string of the molecule is CCC(NC(=O)c1n[nH]c(C)c1N)C(C)C. The van der Waals surface area contributed by atoms with Gasteiger partial charge in [0.2, 0.25) is 0 Å². The number of aromatic nitrogens is 2. The van der Waals surface area contributed by atoms with E-state index < -0.39 is 0 Å². The first-order valence-corrected chi connectivity index (χ1v) is 5.58. The van der Waals surface area contributed by atoms with Crippen molar-refractivity contribution in [2.75, 3.05) is 5.73 Å². The maximum Gasteiger partial charge on any atom is 0.274 e. The fourth-order valence-corrected chi connectivity index (χ4v) is 1.59. The van der Waals surface area contributed by atoms with E-state index >= 15 is 0 Å². The van der Waals surface area contributed by atoms with Crippen LogP contribution in [-0.2, 0) is 0 Å². The quantitative estimate of drug-likeness (QED) is 0.724. The Morgan fingerprint density at radius 3 is 2.56 bits per heavy atom. The Morgan fingerprint density at radius 2 is 2.19 bits per heavy atom. The zero-order valence-corrected chi connectivity index (χ0v) is 10.3. The van der Waals surface area contributed by atoms with Crippen LogP contribution in [0, 0.1) is 12.8 Å². The van der Waals surface area contributed by atoms with Gasteiger partial charge in [0.05, 0.1) is 11.4 Å². The van der Waals surface area contributed by atoms with Crippen molar-refractivity contribution in [3.63, 3.8) is 0 Å². The fourth-order valence-electron chi connectivity index (χ4n) is 1.59. The topological polar surface area (TPSA) is 83.8 Å². The summed E-state index contributed by atoms with van der Waals surface area (Å²) >= 11 is 0. The number of hydrogen-bond donors (Lipinski definition) is 3. The van der Waals surface area contributed by atoms with E-state index in [0.717, 1.165) is 12.1 Å². The van der Waals surface area contributed by atoms with Crippen LogP contribution in [0.1, 0.15) is 43.4 Å². The molecule has 0 aliphatic carbocycles. The Morgan fingerprint density at radius 1 is 1.56 bits per heavy atom. The van der Waals surface area contributed by atoms with E-state index in [1.165, 1.54) is 0 Å². The first kappa shape index (κ1) is 12.5. The van der Waals surface area contributed by atoms with E-state index in [1.807, 2.05) is 6.92 Å². The normalized spacial score (nSPS) is 12.8. The van der Waals surface area contributed by atoms with Crippen molar-refractivity contribution in [3.05, 3.63) is 11.4 Å². The third-order valence-electron chi connectivity index (χ3n) is 2.77. The van der Waals surface area contributed by atoms with Gasteiger partial charge in [-0.15, -0.1) is 0 Å². The van der Waals surface area contributed by atoms with Gasteiger partial charge in [-0.1, -0.05) is 20.8 Å². The molecule has 1 heterocycles. The molecule has 1 aromatic rings. The molecule has 0 spiro atoms. The summed E-state index contributed by atoms with van der Waals surface area (Å²) < 4.78 is 0. The average Bonchev–Trinajstić information content (AvgIpc) is 2.55. The predicted octanol–water partition coefficient (Wildman–Crippen LogP) is 1.46. The number of carbonyl (C=O) groups excluding carboxylic acids is 1. The molecule has 16 heavy (non-hydrogen) atoms. The number of anilines is 1. The molecule has 0 aliphatic heterocycles. The lowest BCUT2D eigenvalue weighted by molar-refractivity contribution is 0.0920. The standard InChI is InChI=1S/C11H20N4O/c1-5-8(6(2)3)13-11(16)10-9(12)7(4)14-15-10/h6,8H,5,12H2,1-4H3,(H,13,16)(H,14,15). The van der Waals surface area contributed by atoms with E-state index in [2.05, 4.69) is 29.4 Å². The van der Waals surface area contributed by atoms with Crippen LogP contribution < -0.4 is 11.1 Å². The molecule has 1 aromatic heterocycles. The van der Waals surface area contributed by atoms with Crippen LogP contribution in [0.3, 0.4) is 0 Å². The molecular formula is C11H20N4O. The zero-order valence-electron chi connectivity index (χ0n) is 10.3. The molecule has 0 saturated carbocycles. The summed E-state index contributed by atoms with van der Waals surface area (Å²) in [4.78, 5) is 11.9. The second kappa shape index (κ2) is 5.01. The van der Waals surface area contributed by atoms with Gasteiger partial charge in [0.1, 0.15) is 0 Å². The maximum atomic E-state index is 11.9. The third-order valence-corrected chi connectivity index (χ3v) is 2.77. The fraction of sp³-hybridized carbons (Fsp3) is 0.636. The number of aromatic amines is 1. The maximum absolute atomic E-state index is 11.9. The largest absolute Gasteiger partial charge is 0.395 e. The number of nitrogens with two attached hydrogens (primary N) is 1. The van der Waals surface area contributed by atoms with Crippen molar-refractivity contribution in [1.82, 2.24) is 15.5 Å². The van der Waals surface area contributed by atoms with E-state index in [-0.39, 0.29) is 17.6 Å². The molecule has 4 N–H and O–H groups in total. The monoisotopic (exact) mass is 224 g/mol. The molecule has 0 aromatic carbocycles. The van der Waals surface area contributed by atoms with Gasteiger partial charge in [0, 0.05) is 6.04 Å². The first-order chi connectivity index (χ1) is 7.47. The van der Waals surface area contributed by atoms with Crippen LogP contribution in [0.4, 0.5) is 5.69 Å². The third kappa shape index (κ3) is 2.53. The number of carbonyl (C=O) groups is 1. The van der Waals surface area contributed by atoms with Crippen LogP contribution >= 0.6 is 0 Å². The second-order valence-corrected chi connectivity index (χ2v) is 4.34. The Labute approximate surface area is 95.8 Å². The number of nitrogens with one attached hydrogen (secondary N) is 2. The lowest BCUT2D eigenvalue weighted by atomic mass is 10.0. The number of hydrogen-bond acceptors (Lipinski definition) is 3. The van der Waals surface area contributed by atoms with Gasteiger partial charge in [-0.2, -0.15) is 5.10 Å². The highest BCUT2D eigenvalue weighted by Crippen LogP contribution is 2.13. The molecule has 90 valence electrons. The molecule has 1 rings (SSSR count). The van der Waals surface area contributed by atoms with Gasteiger partial charge >= 0.3 is 0 Å². The molecule has 0 aliphatic rings. The number of nitrogen functional groups attached to an aromatic ring is 1. The molecule has 5 nitrogen and oxygen atoms in total. The van der Waals surface area contributed by atoms with Gasteiger partial charge in [-0.3, -0.25) is 9.89 Å². The van der Waals surface area contributed by atoms with Crippen LogP contribution in [0.25, 0.3) is 0 Å². The Balaban J connectivity index is 2.76. The average molecular weight is 224 g/mol. The van der Waals surface area contributed by atoms with Crippen LogP contribution in [-0.4, -0.2) is 22.1 Å². The predicted molar refractivity (Wildman–Crippen MR) is 64.1 cm³/mol. The van der Waals surface area contributed by atoms with E-state index in [0.29, 0.717) is 11.6 Å². The Hall–Kier alpha value is -1.52. The minimum Gasteiger partial charge on any atom is -0.395 e. The van der Waals surface area contributed by atoms with Crippen LogP contribution in [0.15, 0.2) is 0 Å². The van der Waals surface area contributed by atoms with E-state index in [4.69, 9.17) is 5.73 Å². The van der Waals surface area contributed by atoms with Gasteiger partial charge in [0.25, 0.3) is 5.91 Å². The van der Waals surface area contributed by atoms with Crippen LogP contribution in [0.2, 0.25) is 0 Å². The lowest BCUT2D eigenvalue weighted by Crippen LogP contribution is -2.38. The zero-order chi connectivity index (χ0) is 12.3.